The fourth-order valence-corrected chi connectivity index (χ4v) is 6.25. The van der Waals surface area contributed by atoms with Gasteiger partial charge < -0.3 is 24.6 Å². The van der Waals surface area contributed by atoms with E-state index in [0.29, 0.717) is 11.7 Å². The molecule has 0 bridgehead atoms. The Morgan fingerprint density at radius 2 is 1.83 bits per heavy atom. The van der Waals surface area contributed by atoms with Gasteiger partial charge in [-0.05, 0) is 62.1 Å². The normalized spacial score (nSPS) is 22.2. The summed E-state index contributed by atoms with van der Waals surface area (Å²) in [6.45, 7) is 4.55. The first-order chi connectivity index (χ1) is 17.3. The van der Waals surface area contributed by atoms with Crippen molar-refractivity contribution in [1.82, 2.24) is 9.47 Å². The van der Waals surface area contributed by atoms with Gasteiger partial charge in [0.15, 0.2) is 0 Å². The number of carboxylic acid groups (broad SMARTS) is 1. The Kier molecular flexibility index (Phi) is 6.00. The zero-order valence-electron chi connectivity index (χ0n) is 20.4. The van der Waals surface area contributed by atoms with E-state index in [4.69, 9.17) is 20.1 Å². The lowest BCUT2D eigenvalue weighted by Crippen LogP contribution is -2.51. The summed E-state index contributed by atoms with van der Waals surface area (Å²) in [5, 5.41) is 27.3. The standard InChI is InChI=1S/C21H24N2O2.C7H6O4/c1-3-21-10-6-11-22-12-9-15-14-7-4-5-8-16(14)23(18(15)19(21)22)17(13-21)20(24)25-2;8-5-1-4(7(10)11)2-6(9)3-5/h4-5,7-8,13,19H,3,6,9-12H2,1-2H3;1-3,8-9H,(H,10,11)/t19-,21+;/m1./s1. The number of aromatic nitrogens is 1. The van der Waals surface area contributed by atoms with Gasteiger partial charge in [-0.1, -0.05) is 25.1 Å². The number of piperidine rings is 1. The Hall–Kier alpha value is -3.78. The SMILES string of the molecule is CC[C@@]12C=C(C(=O)OC)n3c4c(c5ccccc53)CCN(CCC1)[C@H]42.O=C(O)c1cc(O)cc(O)c1. The first kappa shape index (κ1) is 23.9. The molecule has 1 saturated heterocycles. The van der Waals surface area contributed by atoms with Crippen LogP contribution in [0.2, 0.25) is 0 Å². The highest BCUT2D eigenvalue weighted by molar-refractivity contribution is 6.13. The third-order valence-corrected chi connectivity index (χ3v) is 7.79. The second kappa shape index (κ2) is 9.02. The van der Waals surface area contributed by atoms with Crippen LogP contribution in [0.4, 0.5) is 0 Å². The molecule has 2 atom stereocenters. The molecule has 0 radical (unpaired) electrons. The first-order valence-corrected chi connectivity index (χ1v) is 12.2. The van der Waals surface area contributed by atoms with Crippen LogP contribution in [0.5, 0.6) is 11.5 Å². The van der Waals surface area contributed by atoms with E-state index in [-0.39, 0.29) is 28.4 Å². The van der Waals surface area contributed by atoms with E-state index in [9.17, 15) is 9.59 Å². The molecule has 6 rings (SSSR count). The Morgan fingerprint density at radius 1 is 1.11 bits per heavy atom. The van der Waals surface area contributed by atoms with Crippen LogP contribution in [-0.4, -0.2) is 56.9 Å². The smallest absolute Gasteiger partial charge is 0.354 e. The molecule has 0 spiro atoms. The molecule has 2 aromatic carbocycles. The van der Waals surface area contributed by atoms with Crippen LogP contribution in [0.3, 0.4) is 0 Å². The van der Waals surface area contributed by atoms with Crippen LogP contribution >= 0.6 is 0 Å². The lowest BCUT2D eigenvalue weighted by atomic mass is 9.66. The second-order valence-corrected chi connectivity index (χ2v) is 9.66. The number of methoxy groups -OCH3 is 1. The zero-order chi connectivity index (χ0) is 25.6. The molecule has 1 fully saturated rings. The number of carbonyl (C=O) groups excluding carboxylic acids is 1. The van der Waals surface area contributed by atoms with E-state index in [1.54, 1.807) is 0 Å². The van der Waals surface area contributed by atoms with Gasteiger partial charge in [0.05, 0.1) is 24.2 Å². The maximum absolute atomic E-state index is 12.7. The number of carbonyl (C=O) groups is 2. The molecule has 4 heterocycles. The molecule has 36 heavy (non-hydrogen) atoms. The van der Waals surface area contributed by atoms with E-state index >= 15 is 0 Å². The zero-order valence-corrected chi connectivity index (χ0v) is 20.4. The lowest BCUT2D eigenvalue weighted by molar-refractivity contribution is -0.134. The molecule has 0 aliphatic carbocycles. The second-order valence-electron chi connectivity index (χ2n) is 9.66. The maximum Gasteiger partial charge on any atom is 0.354 e. The summed E-state index contributed by atoms with van der Waals surface area (Å²) in [6, 6.07) is 12.1. The minimum Gasteiger partial charge on any atom is -0.508 e. The van der Waals surface area contributed by atoms with Crippen LogP contribution in [-0.2, 0) is 16.0 Å². The molecule has 188 valence electrons. The van der Waals surface area contributed by atoms with Crippen molar-refractivity contribution in [2.75, 3.05) is 20.2 Å². The summed E-state index contributed by atoms with van der Waals surface area (Å²) in [4.78, 5) is 25.6. The fraction of sp³-hybridized carbons (Fsp3) is 0.357. The Bertz CT molecular complexity index is 1370. The first-order valence-electron chi connectivity index (χ1n) is 12.2. The summed E-state index contributed by atoms with van der Waals surface area (Å²) < 4.78 is 7.38. The lowest BCUT2D eigenvalue weighted by Gasteiger charge is -2.53. The highest BCUT2D eigenvalue weighted by Crippen LogP contribution is 2.57. The number of phenols is 2. The molecule has 0 amide bonds. The molecule has 8 nitrogen and oxygen atoms in total. The molecule has 0 unspecified atom stereocenters. The number of hydrogen-bond donors (Lipinski definition) is 3. The molecule has 3 aromatic rings. The number of ether oxygens (including phenoxy) is 1. The third kappa shape index (κ3) is 3.73. The predicted molar refractivity (Wildman–Crippen MR) is 135 cm³/mol. The van der Waals surface area contributed by atoms with Gasteiger partial charge in [-0.3, -0.25) is 4.90 Å². The molecule has 0 saturated carbocycles. The topological polar surface area (TPSA) is 112 Å². The third-order valence-electron chi connectivity index (χ3n) is 7.79. The van der Waals surface area contributed by atoms with Crippen molar-refractivity contribution in [1.29, 1.82) is 0 Å². The summed E-state index contributed by atoms with van der Waals surface area (Å²) >= 11 is 0. The van der Waals surface area contributed by atoms with Gasteiger partial charge in [-0.25, -0.2) is 9.59 Å². The van der Waals surface area contributed by atoms with E-state index in [0.717, 1.165) is 56.1 Å². The Labute approximate surface area is 209 Å². The number of fused-ring (bicyclic) bond motifs is 3. The number of aromatic hydroxyl groups is 2. The van der Waals surface area contributed by atoms with Gasteiger partial charge in [0.1, 0.15) is 17.2 Å². The van der Waals surface area contributed by atoms with Crippen LogP contribution < -0.4 is 0 Å². The van der Waals surface area contributed by atoms with E-state index in [2.05, 4.69) is 46.7 Å². The van der Waals surface area contributed by atoms with Gasteiger partial charge >= 0.3 is 11.9 Å². The fourth-order valence-electron chi connectivity index (χ4n) is 6.25. The molecule has 3 aliphatic heterocycles. The van der Waals surface area contributed by atoms with E-state index in [1.165, 1.54) is 30.2 Å². The van der Waals surface area contributed by atoms with Crippen LogP contribution in [0.15, 0.2) is 48.5 Å². The number of benzene rings is 2. The quantitative estimate of drug-likeness (QED) is 0.462. The van der Waals surface area contributed by atoms with Gasteiger partial charge in [-0.15, -0.1) is 0 Å². The number of hydrogen-bond acceptors (Lipinski definition) is 6. The minimum absolute atomic E-state index is 0.0430. The van der Waals surface area contributed by atoms with Crippen molar-refractivity contribution in [2.24, 2.45) is 5.41 Å². The summed E-state index contributed by atoms with van der Waals surface area (Å²) in [5.41, 5.74) is 4.54. The summed E-state index contributed by atoms with van der Waals surface area (Å²) in [7, 11) is 1.49. The molecular formula is C28H30N2O6. The minimum atomic E-state index is -1.18. The van der Waals surface area contributed by atoms with Gasteiger partial charge in [-0.2, -0.15) is 0 Å². The van der Waals surface area contributed by atoms with Gasteiger partial charge in [0.2, 0.25) is 0 Å². The largest absolute Gasteiger partial charge is 0.508 e. The number of aromatic carboxylic acids is 1. The van der Waals surface area contributed by atoms with E-state index < -0.39 is 5.97 Å². The van der Waals surface area contributed by atoms with Crippen molar-refractivity contribution in [2.45, 2.75) is 38.6 Å². The van der Waals surface area contributed by atoms with Crippen molar-refractivity contribution >= 4 is 28.5 Å². The van der Waals surface area contributed by atoms with Crippen molar-refractivity contribution in [3.63, 3.8) is 0 Å². The summed E-state index contributed by atoms with van der Waals surface area (Å²) in [6.07, 6.45) is 6.70. The highest BCUT2D eigenvalue weighted by atomic mass is 16.5. The van der Waals surface area contributed by atoms with E-state index in [1.807, 2.05) is 0 Å². The maximum atomic E-state index is 12.7. The molecule has 1 aromatic heterocycles. The van der Waals surface area contributed by atoms with Crippen molar-refractivity contribution < 1.29 is 29.6 Å². The number of nitrogens with zero attached hydrogens (tertiary/aromatic N) is 2. The Morgan fingerprint density at radius 3 is 2.50 bits per heavy atom. The number of para-hydroxylation sites is 1. The molecule has 3 aliphatic rings. The number of rotatable bonds is 3. The average molecular weight is 491 g/mol. The Balaban J connectivity index is 0.000000205. The highest BCUT2D eigenvalue weighted by Gasteiger charge is 2.51. The average Bonchev–Trinajstić information content (AvgIpc) is 3.22. The molecular weight excluding hydrogens is 460 g/mol. The number of phenolic OH excluding ortho intramolecular Hbond substituents is 2. The molecule has 8 heteroatoms. The predicted octanol–water partition coefficient (Wildman–Crippen LogP) is 4.55. The summed E-state index contributed by atoms with van der Waals surface area (Å²) in [5.74, 6) is -1.93. The van der Waals surface area contributed by atoms with Crippen molar-refractivity contribution in [3.05, 3.63) is 65.4 Å². The van der Waals surface area contributed by atoms with Crippen LogP contribution in [0, 0.1) is 5.41 Å². The van der Waals surface area contributed by atoms with Crippen molar-refractivity contribution in [3.8, 4) is 11.5 Å². The number of carboxylic acids is 1. The number of esters is 1. The monoisotopic (exact) mass is 490 g/mol. The van der Waals surface area contributed by atoms with Gasteiger partial charge in [0, 0.05) is 29.1 Å². The van der Waals surface area contributed by atoms with Crippen LogP contribution in [0.1, 0.15) is 53.8 Å². The van der Waals surface area contributed by atoms with Crippen LogP contribution in [0.25, 0.3) is 16.6 Å². The molecule has 3 N–H and O–H groups in total. The van der Waals surface area contributed by atoms with Gasteiger partial charge in [0.25, 0.3) is 0 Å².